The summed E-state index contributed by atoms with van der Waals surface area (Å²) >= 11 is 6.38. The molecule has 0 spiro atoms. The fraction of sp³-hybridized carbons (Fsp3) is 0.600. The van der Waals surface area contributed by atoms with Crippen LogP contribution in [-0.4, -0.2) is 27.3 Å². The number of rotatable bonds is 3. The molecule has 1 fully saturated rings. The summed E-state index contributed by atoms with van der Waals surface area (Å²) in [6, 6.07) is 0. The maximum absolute atomic E-state index is 6.38. The molecule has 0 aromatic heterocycles. The number of hydrogen-bond acceptors (Lipinski definition) is 3. The first-order valence-corrected chi connectivity index (χ1v) is 7.10. The molecule has 1 aliphatic rings. The lowest BCUT2D eigenvalue weighted by Gasteiger charge is -2.28. The van der Waals surface area contributed by atoms with E-state index in [0.717, 1.165) is 48.6 Å². The quantitative estimate of drug-likeness (QED) is 0.922. The van der Waals surface area contributed by atoms with E-state index in [-0.39, 0.29) is 0 Å². The van der Waals surface area contributed by atoms with Crippen LogP contribution in [0.4, 0.5) is 0 Å². The summed E-state index contributed by atoms with van der Waals surface area (Å²) < 4.78 is 11.1. The first kappa shape index (κ1) is 14.5. The number of piperidine rings is 1. The number of hydrogen-bond donors (Lipinski definition) is 1. The lowest BCUT2D eigenvalue weighted by molar-refractivity contribution is 0.378. The third-order valence-electron chi connectivity index (χ3n) is 4.01. The number of benzene rings is 1. The third kappa shape index (κ3) is 2.54. The second-order valence-electron chi connectivity index (χ2n) is 5.07. The highest BCUT2D eigenvalue weighted by atomic mass is 35.5. The number of methoxy groups -OCH3 is 2. The van der Waals surface area contributed by atoms with Gasteiger partial charge in [0, 0.05) is 11.1 Å². The lowest BCUT2D eigenvalue weighted by atomic mass is 9.85. The minimum Gasteiger partial charge on any atom is -0.496 e. The fourth-order valence-corrected chi connectivity index (χ4v) is 3.34. The van der Waals surface area contributed by atoms with Gasteiger partial charge in [-0.05, 0) is 51.3 Å². The molecule has 0 amide bonds. The summed E-state index contributed by atoms with van der Waals surface area (Å²) in [5.74, 6) is 2.23. The minimum atomic E-state index is 0.515. The topological polar surface area (TPSA) is 30.5 Å². The van der Waals surface area contributed by atoms with Gasteiger partial charge in [-0.25, -0.2) is 0 Å². The van der Waals surface area contributed by atoms with Gasteiger partial charge in [-0.15, -0.1) is 0 Å². The predicted molar refractivity (Wildman–Crippen MR) is 78.9 cm³/mol. The molecule has 1 saturated heterocycles. The third-order valence-corrected chi connectivity index (χ3v) is 4.47. The van der Waals surface area contributed by atoms with Crippen LogP contribution in [0.25, 0.3) is 0 Å². The van der Waals surface area contributed by atoms with Crippen LogP contribution >= 0.6 is 11.6 Å². The molecule has 0 aliphatic carbocycles. The van der Waals surface area contributed by atoms with Crippen molar-refractivity contribution in [3.8, 4) is 11.5 Å². The van der Waals surface area contributed by atoms with Crippen LogP contribution in [0.15, 0.2) is 0 Å². The molecule has 4 heteroatoms. The van der Waals surface area contributed by atoms with Crippen LogP contribution in [0.3, 0.4) is 0 Å². The first-order chi connectivity index (χ1) is 9.11. The molecule has 2 rings (SSSR count). The van der Waals surface area contributed by atoms with E-state index >= 15 is 0 Å². The van der Waals surface area contributed by atoms with Gasteiger partial charge >= 0.3 is 0 Å². The van der Waals surface area contributed by atoms with Crippen LogP contribution in [0.1, 0.15) is 35.4 Å². The van der Waals surface area contributed by atoms with E-state index < -0.39 is 0 Å². The van der Waals surface area contributed by atoms with Crippen molar-refractivity contribution in [3.05, 3.63) is 21.7 Å². The highest BCUT2D eigenvalue weighted by Crippen LogP contribution is 2.45. The van der Waals surface area contributed by atoms with Gasteiger partial charge in [0.2, 0.25) is 0 Å². The van der Waals surface area contributed by atoms with Crippen molar-refractivity contribution in [1.82, 2.24) is 5.32 Å². The van der Waals surface area contributed by atoms with Crippen LogP contribution in [0, 0.1) is 13.8 Å². The van der Waals surface area contributed by atoms with Crippen LogP contribution in [-0.2, 0) is 0 Å². The zero-order chi connectivity index (χ0) is 14.0. The largest absolute Gasteiger partial charge is 0.496 e. The number of ether oxygens (including phenoxy) is 2. The molecule has 106 valence electrons. The van der Waals surface area contributed by atoms with E-state index in [0.29, 0.717) is 10.9 Å². The zero-order valence-electron chi connectivity index (χ0n) is 12.1. The highest BCUT2D eigenvalue weighted by Gasteiger charge is 2.26. The summed E-state index contributed by atoms with van der Waals surface area (Å²) in [6.45, 7) is 6.17. The van der Waals surface area contributed by atoms with Gasteiger partial charge in [0.1, 0.15) is 11.5 Å². The van der Waals surface area contributed by atoms with E-state index in [4.69, 9.17) is 21.1 Å². The molecule has 1 aromatic carbocycles. The highest BCUT2D eigenvalue weighted by molar-refractivity contribution is 6.33. The summed E-state index contributed by atoms with van der Waals surface area (Å²) in [7, 11) is 3.39. The van der Waals surface area contributed by atoms with E-state index in [1.165, 1.54) is 5.56 Å². The SMILES string of the molecule is COc1c(C)c(C2CCNCC2)c(OC)c(C)c1Cl. The molecule has 0 saturated carbocycles. The normalized spacial score (nSPS) is 16.5. The van der Waals surface area contributed by atoms with Gasteiger partial charge in [-0.1, -0.05) is 11.6 Å². The second kappa shape index (κ2) is 6.02. The standard InChI is InChI=1S/C15H22ClNO2/c1-9-12(11-5-7-17-8-6-11)14(18-3)10(2)13(16)15(9)19-4/h11,17H,5-8H2,1-4H3. The summed E-state index contributed by atoms with van der Waals surface area (Å²) in [5, 5.41) is 4.06. The Morgan fingerprint density at radius 2 is 1.58 bits per heavy atom. The smallest absolute Gasteiger partial charge is 0.141 e. The molecule has 0 atom stereocenters. The number of halogens is 1. The van der Waals surface area contributed by atoms with Crippen LogP contribution < -0.4 is 14.8 Å². The van der Waals surface area contributed by atoms with Crippen molar-refractivity contribution in [3.63, 3.8) is 0 Å². The van der Waals surface area contributed by atoms with Crippen molar-refractivity contribution >= 4 is 11.6 Å². The van der Waals surface area contributed by atoms with Gasteiger partial charge in [-0.3, -0.25) is 0 Å². The van der Waals surface area contributed by atoms with Crippen molar-refractivity contribution in [2.45, 2.75) is 32.6 Å². The Labute approximate surface area is 120 Å². The van der Waals surface area contributed by atoms with Gasteiger partial charge in [0.05, 0.1) is 19.2 Å². The predicted octanol–water partition coefficient (Wildman–Crippen LogP) is 3.44. The molecule has 1 aromatic rings. The lowest BCUT2D eigenvalue weighted by Crippen LogP contribution is -2.27. The summed E-state index contributed by atoms with van der Waals surface area (Å²) in [4.78, 5) is 0. The summed E-state index contributed by atoms with van der Waals surface area (Å²) in [6.07, 6.45) is 2.25. The molecule has 0 unspecified atom stereocenters. The monoisotopic (exact) mass is 283 g/mol. The van der Waals surface area contributed by atoms with Crippen molar-refractivity contribution < 1.29 is 9.47 Å². The Morgan fingerprint density at radius 1 is 1.00 bits per heavy atom. The van der Waals surface area contributed by atoms with Gasteiger partial charge < -0.3 is 14.8 Å². The van der Waals surface area contributed by atoms with E-state index in [2.05, 4.69) is 12.2 Å². The van der Waals surface area contributed by atoms with Crippen molar-refractivity contribution in [1.29, 1.82) is 0 Å². The maximum Gasteiger partial charge on any atom is 0.141 e. The zero-order valence-corrected chi connectivity index (χ0v) is 12.9. The van der Waals surface area contributed by atoms with Crippen molar-refractivity contribution in [2.24, 2.45) is 0 Å². The second-order valence-corrected chi connectivity index (χ2v) is 5.45. The summed E-state index contributed by atoms with van der Waals surface area (Å²) in [5.41, 5.74) is 3.35. The molecule has 19 heavy (non-hydrogen) atoms. The van der Waals surface area contributed by atoms with Gasteiger partial charge in [-0.2, -0.15) is 0 Å². The molecule has 0 bridgehead atoms. The Bertz CT molecular complexity index is 468. The average Bonchev–Trinajstić information content (AvgIpc) is 2.44. The Morgan fingerprint density at radius 3 is 2.11 bits per heavy atom. The molecular formula is C15H22ClNO2. The molecule has 1 heterocycles. The molecule has 0 radical (unpaired) electrons. The van der Waals surface area contributed by atoms with Crippen LogP contribution in [0.5, 0.6) is 11.5 Å². The molecular weight excluding hydrogens is 262 g/mol. The fourth-order valence-electron chi connectivity index (χ4n) is 3.04. The van der Waals surface area contributed by atoms with Crippen LogP contribution in [0.2, 0.25) is 5.02 Å². The number of nitrogens with one attached hydrogen (secondary N) is 1. The molecule has 3 nitrogen and oxygen atoms in total. The Kier molecular flexibility index (Phi) is 4.58. The minimum absolute atomic E-state index is 0.515. The van der Waals surface area contributed by atoms with E-state index in [1.54, 1.807) is 14.2 Å². The Hall–Kier alpha value is -0.930. The molecule has 1 aliphatic heterocycles. The first-order valence-electron chi connectivity index (χ1n) is 6.73. The Balaban J connectivity index is 2.59. The molecule has 1 N–H and O–H groups in total. The van der Waals surface area contributed by atoms with Crippen molar-refractivity contribution in [2.75, 3.05) is 27.3 Å². The average molecular weight is 284 g/mol. The van der Waals surface area contributed by atoms with E-state index in [1.807, 2.05) is 6.92 Å². The van der Waals surface area contributed by atoms with Gasteiger partial charge in [0.15, 0.2) is 0 Å². The van der Waals surface area contributed by atoms with E-state index in [9.17, 15) is 0 Å². The maximum atomic E-state index is 6.38. The van der Waals surface area contributed by atoms with Gasteiger partial charge in [0.25, 0.3) is 0 Å².